The summed E-state index contributed by atoms with van der Waals surface area (Å²) in [6.45, 7) is 1.63. The van der Waals surface area contributed by atoms with Crippen molar-refractivity contribution >= 4 is 25.7 Å². The summed E-state index contributed by atoms with van der Waals surface area (Å²) in [6.07, 6.45) is 1.00. The fourth-order valence-corrected chi connectivity index (χ4v) is 5.73. The molecule has 1 aliphatic rings. The molecule has 0 amide bonds. The molecule has 7 nitrogen and oxygen atoms in total. The molecule has 3 N–H and O–H groups in total. The lowest BCUT2D eigenvalue weighted by molar-refractivity contribution is 0.185. The van der Waals surface area contributed by atoms with Crippen LogP contribution in [0, 0.1) is 0 Å². The zero-order valence-electron chi connectivity index (χ0n) is 14.6. The predicted molar refractivity (Wildman–Crippen MR) is 102 cm³/mol. The van der Waals surface area contributed by atoms with Gasteiger partial charge in [-0.3, -0.25) is 4.18 Å². The third kappa shape index (κ3) is 4.06. The molecule has 0 saturated carbocycles. The summed E-state index contributed by atoms with van der Waals surface area (Å²) in [4.78, 5) is 0.209. The summed E-state index contributed by atoms with van der Waals surface area (Å²) in [5.41, 5.74) is 6.52. The number of nitrogens with one attached hydrogen (secondary N) is 1. The van der Waals surface area contributed by atoms with Gasteiger partial charge in [-0.1, -0.05) is 36.4 Å². The molecule has 0 radical (unpaired) electrons. The molecule has 2 aromatic carbocycles. The lowest BCUT2D eigenvalue weighted by Gasteiger charge is -2.30. The molecule has 27 heavy (non-hydrogen) atoms. The minimum atomic E-state index is -3.94. The Balaban J connectivity index is 2.10. The molecule has 0 aromatic heterocycles. The monoisotopic (exact) mass is 408 g/mol. The first kappa shape index (κ1) is 19.6. The van der Waals surface area contributed by atoms with E-state index >= 15 is 0 Å². The van der Waals surface area contributed by atoms with E-state index in [1.54, 1.807) is 43.3 Å². The summed E-state index contributed by atoms with van der Waals surface area (Å²) in [5.74, 6) is 0. The Morgan fingerprint density at radius 3 is 2.41 bits per heavy atom. The molecule has 1 heterocycles. The second-order valence-electron chi connectivity index (χ2n) is 6.20. The average molecular weight is 409 g/mol. The van der Waals surface area contributed by atoms with Gasteiger partial charge in [0.1, 0.15) is 0 Å². The highest BCUT2D eigenvalue weighted by Gasteiger charge is 2.34. The van der Waals surface area contributed by atoms with Gasteiger partial charge in [0.2, 0.25) is 9.84 Å². The van der Waals surface area contributed by atoms with Crippen molar-refractivity contribution in [3.63, 3.8) is 0 Å². The molecular weight excluding hydrogens is 388 g/mol. The van der Waals surface area contributed by atoms with E-state index in [1.165, 1.54) is 24.4 Å². The topological polar surface area (TPSA) is 116 Å². The van der Waals surface area contributed by atoms with Crippen molar-refractivity contribution in [3.8, 4) is 0 Å². The summed E-state index contributed by atoms with van der Waals surface area (Å²) >= 11 is 0. The molecule has 144 valence electrons. The van der Waals surface area contributed by atoms with Crippen LogP contribution < -0.4 is 10.5 Å². The van der Waals surface area contributed by atoms with Crippen LogP contribution in [0.4, 0.5) is 0 Å². The maximum Gasteiger partial charge on any atom is 0.336 e. The molecule has 2 atom stereocenters. The number of sulfone groups is 1. The van der Waals surface area contributed by atoms with Crippen LogP contribution in [0.1, 0.15) is 18.9 Å². The van der Waals surface area contributed by atoms with Gasteiger partial charge in [-0.2, -0.15) is 13.1 Å². The number of hydrogen-bond acceptors (Lipinski definition) is 6. The fraction of sp³-hybridized carbons (Fsp3) is 0.222. The minimum Gasteiger partial charge on any atom is -0.404 e. The molecule has 1 fully saturated rings. The van der Waals surface area contributed by atoms with Crippen molar-refractivity contribution in [2.75, 3.05) is 0 Å². The van der Waals surface area contributed by atoms with Crippen LogP contribution in [0.3, 0.4) is 0 Å². The highest BCUT2D eigenvalue weighted by atomic mass is 32.2. The third-order valence-corrected chi connectivity index (χ3v) is 7.22. The highest BCUT2D eigenvalue weighted by molar-refractivity contribution is 7.91. The molecule has 2 aromatic rings. The first-order valence-electron chi connectivity index (χ1n) is 8.26. The van der Waals surface area contributed by atoms with Crippen LogP contribution in [-0.2, 0) is 24.3 Å². The molecule has 1 aliphatic heterocycles. The van der Waals surface area contributed by atoms with Crippen molar-refractivity contribution in [2.45, 2.75) is 35.3 Å². The third-order valence-electron chi connectivity index (χ3n) is 4.24. The Bertz CT molecular complexity index is 1060. The maximum atomic E-state index is 13.1. The summed E-state index contributed by atoms with van der Waals surface area (Å²) < 4.78 is 57.3. The van der Waals surface area contributed by atoms with E-state index in [1.807, 2.05) is 0 Å². The Morgan fingerprint density at radius 2 is 1.78 bits per heavy atom. The lowest BCUT2D eigenvalue weighted by Crippen LogP contribution is -2.45. The molecular formula is C18H20N2O5S2. The van der Waals surface area contributed by atoms with Crippen LogP contribution in [0.15, 0.2) is 70.6 Å². The second kappa shape index (κ2) is 7.43. The van der Waals surface area contributed by atoms with Crippen molar-refractivity contribution < 1.29 is 21.0 Å². The molecule has 0 spiro atoms. The Labute approximate surface area is 159 Å². The van der Waals surface area contributed by atoms with E-state index in [9.17, 15) is 16.8 Å². The smallest absolute Gasteiger partial charge is 0.336 e. The van der Waals surface area contributed by atoms with Gasteiger partial charge >= 0.3 is 10.3 Å². The van der Waals surface area contributed by atoms with Crippen molar-refractivity contribution in [1.29, 1.82) is 0 Å². The van der Waals surface area contributed by atoms with E-state index < -0.39 is 32.3 Å². The number of rotatable bonds is 4. The summed E-state index contributed by atoms with van der Waals surface area (Å²) in [5, 5.41) is 0. The lowest BCUT2D eigenvalue weighted by atomic mass is 9.96. The van der Waals surface area contributed by atoms with Gasteiger partial charge in [0, 0.05) is 0 Å². The molecule has 9 heteroatoms. The van der Waals surface area contributed by atoms with Gasteiger partial charge in [0.25, 0.3) is 0 Å². The van der Waals surface area contributed by atoms with E-state index in [-0.39, 0.29) is 9.79 Å². The highest BCUT2D eigenvalue weighted by Crippen LogP contribution is 2.32. The van der Waals surface area contributed by atoms with E-state index in [4.69, 9.17) is 9.92 Å². The summed E-state index contributed by atoms with van der Waals surface area (Å²) in [6, 6.07) is 13.7. The predicted octanol–water partition coefficient (Wildman–Crippen LogP) is 1.83. The average Bonchev–Trinajstić information content (AvgIpc) is 2.62. The number of nitrogens with two attached hydrogens (primary N) is 1. The Kier molecular flexibility index (Phi) is 5.38. The van der Waals surface area contributed by atoms with Crippen LogP contribution in [0.5, 0.6) is 0 Å². The van der Waals surface area contributed by atoms with Crippen LogP contribution in [0.2, 0.25) is 0 Å². The standard InChI is InChI=1S/C18H20N2O5S2/c1-13-11-17(20-27(23,24)25-13)16(12-19)15-9-5-6-10-18(15)26(21,22)14-7-3-2-4-8-14/h2-10,12-13,17,20H,11,19H2,1H3/b16-12+/t13-,17-/m0/s1. The van der Waals surface area contributed by atoms with E-state index in [2.05, 4.69) is 4.72 Å². The van der Waals surface area contributed by atoms with Gasteiger partial charge in [0.05, 0.1) is 21.9 Å². The van der Waals surface area contributed by atoms with Gasteiger partial charge < -0.3 is 5.73 Å². The first-order valence-corrected chi connectivity index (χ1v) is 11.2. The van der Waals surface area contributed by atoms with Gasteiger partial charge in [-0.05, 0) is 48.9 Å². The minimum absolute atomic E-state index is 0.0613. The van der Waals surface area contributed by atoms with Crippen molar-refractivity contribution in [3.05, 3.63) is 66.4 Å². The summed E-state index contributed by atoms with van der Waals surface area (Å²) in [7, 11) is -7.75. The Hall–Kier alpha value is -2.20. The van der Waals surface area contributed by atoms with Gasteiger partial charge in [-0.25, -0.2) is 8.42 Å². The van der Waals surface area contributed by atoms with E-state index in [0.29, 0.717) is 17.6 Å². The van der Waals surface area contributed by atoms with Crippen LogP contribution in [-0.4, -0.2) is 29.0 Å². The van der Waals surface area contributed by atoms with E-state index in [0.717, 1.165) is 0 Å². The molecule has 1 saturated heterocycles. The SMILES string of the molecule is C[C@H]1C[C@@H](/C(=C/N)c2ccccc2S(=O)(=O)c2ccccc2)NS(=O)(=O)O1. The van der Waals surface area contributed by atoms with Crippen molar-refractivity contribution in [1.82, 2.24) is 4.72 Å². The Morgan fingerprint density at radius 1 is 1.15 bits per heavy atom. The number of hydrogen-bond donors (Lipinski definition) is 2. The first-order chi connectivity index (χ1) is 12.7. The van der Waals surface area contributed by atoms with Crippen molar-refractivity contribution in [2.24, 2.45) is 5.73 Å². The molecule has 0 unspecified atom stereocenters. The molecule has 3 rings (SSSR count). The normalized spacial score (nSPS) is 23.1. The molecule has 0 aliphatic carbocycles. The van der Waals surface area contributed by atoms with Gasteiger partial charge in [0.15, 0.2) is 0 Å². The largest absolute Gasteiger partial charge is 0.404 e. The van der Waals surface area contributed by atoms with Crippen LogP contribution >= 0.6 is 0 Å². The second-order valence-corrected chi connectivity index (χ2v) is 9.46. The number of benzene rings is 2. The maximum absolute atomic E-state index is 13.1. The zero-order valence-corrected chi connectivity index (χ0v) is 16.2. The molecule has 0 bridgehead atoms. The quantitative estimate of drug-likeness (QED) is 0.797. The van der Waals surface area contributed by atoms with Crippen LogP contribution in [0.25, 0.3) is 5.57 Å². The van der Waals surface area contributed by atoms with Gasteiger partial charge in [-0.15, -0.1) is 0 Å². The zero-order chi connectivity index (χ0) is 19.7. The fourth-order valence-electron chi connectivity index (χ4n) is 3.09.